The standard InChI is InChI=1S/C13H13N3O3S/c1-15-13(17)12-8-11(6-7-16-12)20(18,19)10-4-2-9(14)3-5-10/h2-8H,14H2,1H3,(H,15,17). The Labute approximate surface area is 116 Å². The molecule has 1 heterocycles. The summed E-state index contributed by atoms with van der Waals surface area (Å²) in [7, 11) is -2.25. The van der Waals surface area contributed by atoms with Gasteiger partial charge in [0.15, 0.2) is 0 Å². The van der Waals surface area contributed by atoms with Gasteiger partial charge in [0, 0.05) is 18.9 Å². The molecular weight excluding hydrogens is 278 g/mol. The van der Waals surface area contributed by atoms with Gasteiger partial charge in [-0.15, -0.1) is 0 Å². The number of anilines is 1. The van der Waals surface area contributed by atoms with Crippen molar-refractivity contribution in [2.24, 2.45) is 0 Å². The highest BCUT2D eigenvalue weighted by atomic mass is 32.2. The predicted octanol–water partition coefficient (Wildman–Crippen LogP) is 0.856. The van der Waals surface area contributed by atoms with E-state index in [1.807, 2.05) is 0 Å². The molecule has 104 valence electrons. The lowest BCUT2D eigenvalue weighted by molar-refractivity contribution is 0.0958. The minimum absolute atomic E-state index is 0.0101. The number of nitrogens with two attached hydrogens (primary N) is 1. The first-order valence-corrected chi connectivity index (χ1v) is 7.22. The van der Waals surface area contributed by atoms with Crippen LogP contribution < -0.4 is 11.1 Å². The van der Waals surface area contributed by atoms with E-state index in [-0.39, 0.29) is 15.5 Å². The Morgan fingerprint density at radius 3 is 2.40 bits per heavy atom. The summed E-state index contributed by atoms with van der Waals surface area (Å²) in [5, 5.41) is 2.39. The van der Waals surface area contributed by atoms with Crippen LogP contribution in [0, 0.1) is 0 Å². The number of nitrogens with zero attached hydrogens (tertiary/aromatic N) is 1. The van der Waals surface area contributed by atoms with Gasteiger partial charge in [0.25, 0.3) is 5.91 Å². The molecule has 0 bridgehead atoms. The number of rotatable bonds is 3. The van der Waals surface area contributed by atoms with Gasteiger partial charge in [-0.1, -0.05) is 0 Å². The minimum Gasteiger partial charge on any atom is -0.399 e. The molecule has 0 atom stereocenters. The normalized spacial score (nSPS) is 11.1. The highest BCUT2D eigenvalue weighted by molar-refractivity contribution is 7.91. The number of carbonyl (C=O) groups is 1. The van der Waals surface area contributed by atoms with Crippen molar-refractivity contribution in [3.05, 3.63) is 48.3 Å². The monoisotopic (exact) mass is 291 g/mol. The molecule has 7 heteroatoms. The number of nitrogens with one attached hydrogen (secondary N) is 1. The van der Waals surface area contributed by atoms with E-state index in [2.05, 4.69) is 10.3 Å². The molecule has 0 spiro atoms. The van der Waals surface area contributed by atoms with E-state index in [4.69, 9.17) is 5.73 Å². The van der Waals surface area contributed by atoms with Gasteiger partial charge in [-0.3, -0.25) is 9.78 Å². The Balaban J connectivity index is 2.49. The average molecular weight is 291 g/mol. The second kappa shape index (κ2) is 5.30. The van der Waals surface area contributed by atoms with Gasteiger partial charge in [-0.25, -0.2) is 8.42 Å². The first-order valence-electron chi connectivity index (χ1n) is 5.74. The Morgan fingerprint density at radius 1 is 1.15 bits per heavy atom. The Morgan fingerprint density at radius 2 is 1.80 bits per heavy atom. The molecular formula is C13H13N3O3S. The van der Waals surface area contributed by atoms with Gasteiger partial charge < -0.3 is 11.1 Å². The summed E-state index contributed by atoms with van der Waals surface area (Å²) in [6.45, 7) is 0. The summed E-state index contributed by atoms with van der Waals surface area (Å²) in [6, 6.07) is 8.44. The number of hydrogen-bond acceptors (Lipinski definition) is 5. The van der Waals surface area contributed by atoms with Crippen LogP contribution in [0.5, 0.6) is 0 Å². The number of aromatic nitrogens is 1. The average Bonchev–Trinajstić information content (AvgIpc) is 2.47. The third-order valence-electron chi connectivity index (χ3n) is 2.69. The summed E-state index contributed by atoms with van der Waals surface area (Å²) < 4.78 is 24.8. The minimum atomic E-state index is -3.70. The van der Waals surface area contributed by atoms with Gasteiger partial charge in [0.2, 0.25) is 9.84 Å². The Kier molecular flexibility index (Phi) is 3.71. The maximum Gasteiger partial charge on any atom is 0.269 e. The van der Waals surface area contributed by atoms with Crippen LogP contribution in [0.1, 0.15) is 10.5 Å². The van der Waals surface area contributed by atoms with Crippen molar-refractivity contribution in [2.75, 3.05) is 12.8 Å². The van der Waals surface area contributed by atoms with Crippen LogP contribution >= 0.6 is 0 Å². The lowest BCUT2D eigenvalue weighted by Crippen LogP contribution is -2.19. The Hall–Kier alpha value is -2.41. The molecule has 1 aromatic carbocycles. The maximum absolute atomic E-state index is 12.4. The molecule has 0 unspecified atom stereocenters. The van der Waals surface area contributed by atoms with E-state index < -0.39 is 15.7 Å². The van der Waals surface area contributed by atoms with E-state index in [9.17, 15) is 13.2 Å². The van der Waals surface area contributed by atoms with Crippen molar-refractivity contribution in [3.8, 4) is 0 Å². The third kappa shape index (κ3) is 2.62. The zero-order chi connectivity index (χ0) is 14.8. The van der Waals surface area contributed by atoms with E-state index in [0.29, 0.717) is 5.69 Å². The first-order chi connectivity index (χ1) is 9.45. The van der Waals surface area contributed by atoms with Crippen LogP contribution in [0.4, 0.5) is 5.69 Å². The number of nitrogen functional groups attached to an aromatic ring is 1. The van der Waals surface area contributed by atoms with Crippen LogP contribution in [0.15, 0.2) is 52.4 Å². The van der Waals surface area contributed by atoms with E-state index in [1.165, 1.54) is 49.6 Å². The highest BCUT2D eigenvalue weighted by Crippen LogP contribution is 2.21. The summed E-state index contributed by atoms with van der Waals surface area (Å²) >= 11 is 0. The van der Waals surface area contributed by atoms with Gasteiger partial charge in [-0.2, -0.15) is 0 Å². The molecule has 2 aromatic rings. The highest BCUT2D eigenvalue weighted by Gasteiger charge is 2.19. The van der Waals surface area contributed by atoms with Crippen molar-refractivity contribution < 1.29 is 13.2 Å². The first kappa shape index (κ1) is 14.0. The lowest BCUT2D eigenvalue weighted by atomic mass is 10.3. The fourth-order valence-electron chi connectivity index (χ4n) is 1.61. The van der Waals surface area contributed by atoms with E-state index in [0.717, 1.165) is 0 Å². The van der Waals surface area contributed by atoms with Crippen LogP contribution in [-0.4, -0.2) is 26.4 Å². The molecule has 0 aliphatic heterocycles. The van der Waals surface area contributed by atoms with Crippen LogP contribution in [0.2, 0.25) is 0 Å². The number of hydrogen-bond donors (Lipinski definition) is 2. The van der Waals surface area contributed by atoms with Gasteiger partial charge in [0.1, 0.15) is 5.69 Å². The summed E-state index contributed by atoms with van der Waals surface area (Å²) in [6.07, 6.45) is 1.29. The zero-order valence-electron chi connectivity index (χ0n) is 10.7. The summed E-state index contributed by atoms with van der Waals surface area (Å²) in [5.74, 6) is -0.445. The molecule has 2 rings (SSSR count). The zero-order valence-corrected chi connectivity index (χ0v) is 11.5. The molecule has 1 amide bonds. The van der Waals surface area contributed by atoms with Crippen molar-refractivity contribution in [1.29, 1.82) is 0 Å². The molecule has 1 aromatic heterocycles. The molecule has 0 aliphatic rings. The summed E-state index contributed by atoms with van der Waals surface area (Å²) in [5.41, 5.74) is 6.05. The fourth-order valence-corrected chi connectivity index (χ4v) is 2.89. The third-order valence-corrected chi connectivity index (χ3v) is 4.46. The molecule has 0 saturated carbocycles. The molecule has 20 heavy (non-hydrogen) atoms. The SMILES string of the molecule is CNC(=O)c1cc(S(=O)(=O)c2ccc(N)cc2)ccn1. The maximum atomic E-state index is 12.4. The number of pyridine rings is 1. The smallest absolute Gasteiger partial charge is 0.269 e. The molecule has 3 N–H and O–H groups in total. The topological polar surface area (TPSA) is 102 Å². The molecule has 6 nitrogen and oxygen atoms in total. The van der Waals surface area contributed by atoms with Crippen molar-refractivity contribution >= 4 is 21.4 Å². The lowest BCUT2D eigenvalue weighted by Gasteiger charge is -2.06. The quantitative estimate of drug-likeness (QED) is 0.816. The van der Waals surface area contributed by atoms with Crippen molar-refractivity contribution in [2.45, 2.75) is 9.79 Å². The predicted molar refractivity (Wildman–Crippen MR) is 73.9 cm³/mol. The van der Waals surface area contributed by atoms with Crippen LogP contribution in [0.3, 0.4) is 0 Å². The van der Waals surface area contributed by atoms with Gasteiger partial charge in [-0.05, 0) is 36.4 Å². The largest absolute Gasteiger partial charge is 0.399 e. The Bertz CT molecular complexity index is 740. The fraction of sp³-hybridized carbons (Fsp3) is 0.0769. The molecule has 0 saturated heterocycles. The van der Waals surface area contributed by atoms with Gasteiger partial charge in [0.05, 0.1) is 9.79 Å². The van der Waals surface area contributed by atoms with Crippen LogP contribution in [-0.2, 0) is 9.84 Å². The van der Waals surface area contributed by atoms with Crippen molar-refractivity contribution in [1.82, 2.24) is 10.3 Å². The number of benzene rings is 1. The van der Waals surface area contributed by atoms with E-state index >= 15 is 0 Å². The van der Waals surface area contributed by atoms with E-state index in [1.54, 1.807) is 0 Å². The second-order valence-electron chi connectivity index (χ2n) is 4.03. The van der Waals surface area contributed by atoms with Crippen molar-refractivity contribution in [3.63, 3.8) is 0 Å². The number of carbonyl (C=O) groups excluding carboxylic acids is 1. The second-order valence-corrected chi connectivity index (χ2v) is 5.98. The molecule has 0 aliphatic carbocycles. The summed E-state index contributed by atoms with van der Waals surface area (Å²) in [4.78, 5) is 15.4. The molecule has 0 radical (unpaired) electrons. The number of sulfone groups is 1. The molecule has 0 fully saturated rings. The van der Waals surface area contributed by atoms with Gasteiger partial charge >= 0.3 is 0 Å². The van der Waals surface area contributed by atoms with Crippen LogP contribution in [0.25, 0.3) is 0 Å². The number of amides is 1.